The fourth-order valence-corrected chi connectivity index (χ4v) is 1.90. The minimum atomic E-state index is -0.349. The van der Waals surface area contributed by atoms with Crippen LogP contribution in [0.25, 0.3) is 5.69 Å². The summed E-state index contributed by atoms with van der Waals surface area (Å²) in [5.74, 6) is -0.309. The van der Waals surface area contributed by atoms with Gasteiger partial charge in [0.2, 0.25) is 5.88 Å². The second-order valence-electron chi connectivity index (χ2n) is 4.10. The molecule has 0 amide bonds. The van der Waals surface area contributed by atoms with Gasteiger partial charge in [-0.25, -0.2) is 4.57 Å². The summed E-state index contributed by atoms with van der Waals surface area (Å²) in [7, 11) is 0. The molecule has 4 heteroatoms. The van der Waals surface area contributed by atoms with E-state index < -0.39 is 0 Å². The van der Waals surface area contributed by atoms with Crippen LogP contribution in [-0.2, 0) is 0 Å². The Morgan fingerprint density at radius 3 is 2.50 bits per heavy atom. The molecule has 0 saturated heterocycles. The molecule has 0 aliphatic rings. The zero-order chi connectivity index (χ0) is 13.3. The van der Waals surface area contributed by atoms with Gasteiger partial charge in [0.25, 0.3) is 5.56 Å². The monoisotopic (exact) mass is 240 g/mol. The smallest absolute Gasteiger partial charge is 0.258 e. The number of para-hydroxylation sites is 1. The molecule has 0 atom stereocenters. The maximum absolute atomic E-state index is 12.0. The molecule has 1 aromatic carbocycles. The molecule has 90 valence electrons. The van der Waals surface area contributed by atoms with Crippen LogP contribution in [0.4, 0.5) is 0 Å². The van der Waals surface area contributed by atoms with Gasteiger partial charge in [-0.3, -0.25) is 4.79 Å². The molecule has 1 heterocycles. The summed E-state index contributed by atoms with van der Waals surface area (Å²) in [6.45, 7) is 3.47. The molecular weight excluding hydrogens is 228 g/mol. The standard InChI is InChI=1S/C14H12N2O2/c1-9-5-3-4-6-12(9)16-13(17)7-10(2)11(8-15)14(16)18/h3-7,18H,1-2H3. The van der Waals surface area contributed by atoms with Crippen LogP contribution in [0.15, 0.2) is 35.1 Å². The van der Waals surface area contributed by atoms with E-state index in [1.807, 2.05) is 25.1 Å². The lowest BCUT2D eigenvalue weighted by Crippen LogP contribution is -2.19. The first-order valence-electron chi connectivity index (χ1n) is 5.48. The fourth-order valence-electron chi connectivity index (χ4n) is 1.90. The highest BCUT2D eigenvalue weighted by atomic mass is 16.3. The third-order valence-corrected chi connectivity index (χ3v) is 2.86. The van der Waals surface area contributed by atoms with Crippen molar-refractivity contribution in [2.45, 2.75) is 13.8 Å². The average molecular weight is 240 g/mol. The van der Waals surface area contributed by atoms with Crippen molar-refractivity contribution in [1.82, 2.24) is 4.57 Å². The quantitative estimate of drug-likeness (QED) is 0.829. The highest BCUT2D eigenvalue weighted by Crippen LogP contribution is 2.22. The Bertz CT molecular complexity index is 709. The summed E-state index contributed by atoms with van der Waals surface area (Å²) in [4.78, 5) is 12.0. The van der Waals surface area contributed by atoms with Crippen molar-refractivity contribution in [2.75, 3.05) is 0 Å². The molecule has 0 aliphatic carbocycles. The molecule has 0 unspecified atom stereocenters. The Kier molecular flexibility index (Phi) is 2.90. The Labute approximate surface area is 104 Å². The molecular formula is C14H12N2O2. The van der Waals surface area contributed by atoms with E-state index in [9.17, 15) is 9.90 Å². The van der Waals surface area contributed by atoms with E-state index in [1.165, 1.54) is 6.07 Å². The van der Waals surface area contributed by atoms with Gasteiger partial charge in [-0.15, -0.1) is 0 Å². The summed E-state index contributed by atoms with van der Waals surface area (Å²) < 4.78 is 1.15. The van der Waals surface area contributed by atoms with E-state index >= 15 is 0 Å². The molecule has 1 N–H and O–H groups in total. The fraction of sp³-hybridized carbons (Fsp3) is 0.143. The van der Waals surface area contributed by atoms with Crippen molar-refractivity contribution in [1.29, 1.82) is 5.26 Å². The molecule has 0 saturated carbocycles. The number of hydrogen-bond acceptors (Lipinski definition) is 3. The van der Waals surface area contributed by atoms with E-state index in [4.69, 9.17) is 5.26 Å². The van der Waals surface area contributed by atoms with Crippen molar-refractivity contribution in [2.24, 2.45) is 0 Å². The van der Waals surface area contributed by atoms with Gasteiger partial charge < -0.3 is 5.11 Å². The van der Waals surface area contributed by atoms with Crippen LogP contribution in [0.2, 0.25) is 0 Å². The van der Waals surface area contributed by atoms with Crippen LogP contribution < -0.4 is 5.56 Å². The first kappa shape index (κ1) is 11.9. The maximum atomic E-state index is 12.0. The largest absolute Gasteiger partial charge is 0.493 e. The number of nitriles is 1. The number of pyridine rings is 1. The summed E-state index contributed by atoms with van der Waals surface area (Å²) >= 11 is 0. The average Bonchev–Trinajstić information content (AvgIpc) is 2.31. The predicted molar refractivity (Wildman–Crippen MR) is 67.9 cm³/mol. The number of rotatable bonds is 1. The van der Waals surface area contributed by atoms with Gasteiger partial charge in [0.15, 0.2) is 0 Å². The van der Waals surface area contributed by atoms with Crippen LogP contribution >= 0.6 is 0 Å². The normalized spacial score (nSPS) is 10.1. The van der Waals surface area contributed by atoms with Crippen LogP contribution in [0.1, 0.15) is 16.7 Å². The molecule has 1 aromatic heterocycles. The highest BCUT2D eigenvalue weighted by molar-refractivity contribution is 5.50. The number of hydrogen-bond donors (Lipinski definition) is 1. The first-order chi connectivity index (χ1) is 8.56. The topological polar surface area (TPSA) is 66.0 Å². The van der Waals surface area contributed by atoms with Crippen molar-refractivity contribution >= 4 is 0 Å². The summed E-state index contributed by atoms with van der Waals surface area (Å²) in [5.41, 5.74) is 1.68. The molecule has 4 nitrogen and oxygen atoms in total. The van der Waals surface area contributed by atoms with Crippen molar-refractivity contribution in [3.63, 3.8) is 0 Å². The minimum absolute atomic E-state index is 0.123. The van der Waals surface area contributed by atoms with Gasteiger partial charge in [-0.05, 0) is 31.0 Å². The minimum Gasteiger partial charge on any atom is -0.493 e. The Hall–Kier alpha value is -2.54. The van der Waals surface area contributed by atoms with Crippen molar-refractivity contribution in [3.8, 4) is 17.6 Å². The zero-order valence-corrected chi connectivity index (χ0v) is 10.1. The van der Waals surface area contributed by atoms with E-state index in [0.29, 0.717) is 11.3 Å². The second kappa shape index (κ2) is 4.38. The third-order valence-electron chi connectivity index (χ3n) is 2.86. The maximum Gasteiger partial charge on any atom is 0.258 e. The number of nitrogens with zero attached hydrogens (tertiary/aromatic N) is 2. The van der Waals surface area contributed by atoms with Gasteiger partial charge in [0.05, 0.1) is 5.69 Å². The number of benzene rings is 1. The van der Waals surface area contributed by atoms with Crippen LogP contribution in [0, 0.1) is 25.2 Å². The Morgan fingerprint density at radius 2 is 1.89 bits per heavy atom. The van der Waals surface area contributed by atoms with E-state index in [-0.39, 0.29) is 17.0 Å². The summed E-state index contributed by atoms with van der Waals surface area (Å²) in [6, 6.07) is 10.5. The van der Waals surface area contributed by atoms with E-state index in [0.717, 1.165) is 10.1 Å². The van der Waals surface area contributed by atoms with Gasteiger partial charge >= 0.3 is 0 Å². The lowest BCUT2D eigenvalue weighted by atomic mass is 10.1. The third kappa shape index (κ3) is 1.76. The van der Waals surface area contributed by atoms with E-state index in [2.05, 4.69) is 0 Å². The van der Waals surface area contributed by atoms with Crippen molar-refractivity contribution in [3.05, 3.63) is 57.4 Å². The lowest BCUT2D eigenvalue weighted by Gasteiger charge is -2.12. The molecule has 0 aliphatic heterocycles. The molecule has 0 bridgehead atoms. The van der Waals surface area contributed by atoms with Crippen LogP contribution in [0.3, 0.4) is 0 Å². The predicted octanol–water partition coefficient (Wildman–Crippen LogP) is 2.03. The van der Waals surface area contributed by atoms with Crippen LogP contribution in [-0.4, -0.2) is 9.67 Å². The molecule has 0 spiro atoms. The zero-order valence-electron chi connectivity index (χ0n) is 10.1. The summed E-state index contributed by atoms with van der Waals surface area (Å²) in [6.07, 6.45) is 0. The van der Waals surface area contributed by atoms with E-state index in [1.54, 1.807) is 19.1 Å². The highest BCUT2D eigenvalue weighted by Gasteiger charge is 2.14. The van der Waals surface area contributed by atoms with Crippen molar-refractivity contribution < 1.29 is 5.11 Å². The number of aromatic nitrogens is 1. The number of aromatic hydroxyl groups is 1. The molecule has 0 fully saturated rings. The van der Waals surface area contributed by atoms with Crippen LogP contribution in [0.5, 0.6) is 5.88 Å². The van der Waals surface area contributed by atoms with Gasteiger partial charge in [-0.1, -0.05) is 18.2 Å². The Balaban J connectivity index is 2.86. The summed E-state index contributed by atoms with van der Waals surface area (Å²) in [5, 5.41) is 19.1. The Morgan fingerprint density at radius 1 is 1.22 bits per heavy atom. The van der Waals surface area contributed by atoms with Gasteiger partial charge in [0.1, 0.15) is 11.6 Å². The second-order valence-corrected chi connectivity index (χ2v) is 4.10. The lowest BCUT2D eigenvalue weighted by molar-refractivity contribution is 0.432. The first-order valence-corrected chi connectivity index (χ1v) is 5.48. The molecule has 18 heavy (non-hydrogen) atoms. The van der Waals surface area contributed by atoms with Gasteiger partial charge in [0, 0.05) is 6.07 Å². The molecule has 2 rings (SSSR count). The van der Waals surface area contributed by atoms with Gasteiger partial charge in [-0.2, -0.15) is 5.26 Å². The molecule has 2 aromatic rings. The number of aryl methyl sites for hydroxylation is 2. The SMILES string of the molecule is Cc1ccccc1-n1c(O)c(C#N)c(C)cc1=O. The molecule has 0 radical (unpaired) electrons.